The fourth-order valence-electron chi connectivity index (χ4n) is 2.37. The summed E-state index contributed by atoms with van der Waals surface area (Å²) in [6.45, 7) is 0. The van der Waals surface area contributed by atoms with Crippen LogP contribution in [0.5, 0.6) is 0 Å². The summed E-state index contributed by atoms with van der Waals surface area (Å²) < 4.78 is 25.7. The average Bonchev–Trinajstić information content (AvgIpc) is 2.80. The van der Waals surface area contributed by atoms with E-state index in [-0.39, 0.29) is 5.78 Å². The topological polar surface area (TPSA) is 76.1 Å². The highest BCUT2D eigenvalue weighted by Gasteiger charge is 2.23. The second-order valence-electron chi connectivity index (χ2n) is 5.09. The molecule has 1 aliphatic carbocycles. The minimum Gasteiger partial charge on any atom is -0.294 e. The zero-order valence-electron chi connectivity index (χ0n) is 11.9. The monoisotopic (exact) mass is 334 g/mol. The molecule has 1 heterocycles. The fourth-order valence-corrected chi connectivity index (χ4v) is 3.91. The van der Waals surface area contributed by atoms with Gasteiger partial charge in [0.05, 0.1) is 11.9 Å². The number of carbonyl (C=O) groups excluding carboxylic acids is 1. The van der Waals surface area contributed by atoms with Crippen LogP contribution in [0, 0.1) is 0 Å². The van der Waals surface area contributed by atoms with E-state index in [1.807, 2.05) is 12.1 Å². The number of carbonyl (C=O) groups is 1. The van der Waals surface area contributed by atoms with Gasteiger partial charge < -0.3 is 0 Å². The lowest BCUT2D eigenvalue weighted by atomic mass is 10.1. The molecule has 7 heteroatoms. The van der Waals surface area contributed by atoms with Gasteiger partial charge in [0.2, 0.25) is 10.0 Å². The lowest BCUT2D eigenvalue weighted by molar-refractivity contribution is 0.0994. The smallest absolute Gasteiger partial charge is 0.229 e. The Bertz CT molecular complexity index is 833. The number of nitrogens with zero attached hydrogens (tertiary/aromatic N) is 1. The minimum absolute atomic E-state index is 0.109. The molecule has 0 saturated heterocycles. The van der Waals surface area contributed by atoms with Gasteiger partial charge in [0.1, 0.15) is 0 Å². The van der Waals surface area contributed by atoms with Crippen molar-refractivity contribution in [3.05, 3.63) is 47.8 Å². The maximum absolute atomic E-state index is 11.9. The van der Waals surface area contributed by atoms with Crippen molar-refractivity contribution in [2.75, 3.05) is 11.0 Å². The number of hydrogen-bond acceptors (Lipinski definition) is 5. The zero-order valence-corrected chi connectivity index (χ0v) is 13.5. The maximum Gasteiger partial charge on any atom is 0.229 e. The molecule has 1 aromatic heterocycles. The predicted molar refractivity (Wildman–Crippen MR) is 85.9 cm³/mol. The summed E-state index contributed by atoms with van der Waals surface area (Å²) in [5.41, 5.74) is 2.10. The number of ketones is 1. The predicted octanol–water partition coefficient (Wildman–Crippen LogP) is 2.73. The molecule has 0 aliphatic heterocycles. The Balaban J connectivity index is 2.05. The molecule has 0 atom stereocenters. The lowest BCUT2D eigenvalue weighted by Crippen LogP contribution is -2.11. The number of sulfonamides is 1. The Hall–Kier alpha value is -1.86. The molecule has 0 spiro atoms. The van der Waals surface area contributed by atoms with Gasteiger partial charge in [-0.15, -0.1) is 0 Å². The molecule has 5 nitrogen and oxygen atoms in total. The molecule has 22 heavy (non-hydrogen) atoms. The van der Waals surface area contributed by atoms with Crippen LogP contribution in [0.3, 0.4) is 0 Å². The third kappa shape index (κ3) is 3.31. The normalized spacial score (nSPS) is 14.0. The SMILES string of the molecule is CS(=O)(=O)Nc1cc2c(cc1Sc1ccncc1)C(=O)CC2. The molecule has 0 amide bonds. The van der Waals surface area contributed by atoms with Crippen molar-refractivity contribution >= 4 is 33.3 Å². The number of rotatable bonds is 4. The Morgan fingerprint density at radius 1 is 1.18 bits per heavy atom. The van der Waals surface area contributed by atoms with Crippen molar-refractivity contribution in [2.45, 2.75) is 22.6 Å². The number of aryl methyl sites for hydroxylation is 1. The van der Waals surface area contributed by atoms with E-state index >= 15 is 0 Å². The highest BCUT2D eigenvalue weighted by atomic mass is 32.2. The first-order chi connectivity index (χ1) is 10.4. The van der Waals surface area contributed by atoms with Crippen LogP contribution < -0.4 is 4.72 Å². The van der Waals surface area contributed by atoms with Crippen LogP contribution in [-0.4, -0.2) is 25.4 Å². The van der Waals surface area contributed by atoms with E-state index in [9.17, 15) is 13.2 Å². The van der Waals surface area contributed by atoms with E-state index < -0.39 is 10.0 Å². The fraction of sp³-hybridized carbons (Fsp3) is 0.200. The summed E-state index contributed by atoms with van der Waals surface area (Å²) in [7, 11) is -3.38. The van der Waals surface area contributed by atoms with Crippen LogP contribution >= 0.6 is 11.8 Å². The molecule has 2 aromatic rings. The van der Waals surface area contributed by atoms with Crippen molar-refractivity contribution in [1.82, 2.24) is 4.98 Å². The third-order valence-corrected chi connectivity index (χ3v) is 4.96. The Morgan fingerprint density at radius 3 is 2.59 bits per heavy atom. The van der Waals surface area contributed by atoms with Gasteiger partial charge >= 0.3 is 0 Å². The number of benzene rings is 1. The van der Waals surface area contributed by atoms with Crippen molar-refractivity contribution in [2.24, 2.45) is 0 Å². The van der Waals surface area contributed by atoms with Gasteiger partial charge in [-0.2, -0.15) is 0 Å². The minimum atomic E-state index is -3.38. The molecule has 3 rings (SSSR count). The standard InChI is InChI=1S/C15H14N2O3S2/c1-22(19,20)17-13-8-10-2-3-14(18)12(10)9-15(13)21-11-4-6-16-7-5-11/h4-9,17H,2-3H2,1H3. The van der Waals surface area contributed by atoms with Gasteiger partial charge in [-0.3, -0.25) is 14.5 Å². The van der Waals surface area contributed by atoms with E-state index in [0.717, 1.165) is 16.7 Å². The highest BCUT2D eigenvalue weighted by molar-refractivity contribution is 7.99. The van der Waals surface area contributed by atoms with E-state index in [0.29, 0.717) is 29.0 Å². The molecule has 1 aromatic carbocycles. The summed E-state index contributed by atoms with van der Waals surface area (Å²) >= 11 is 1.40. The van der Waals surface area contributed by atoms with Crippen LogP contribution in [0.1, 0.15) is 22.3 Å². The molecule has 0 fully saturated rings. The first kappa shape index (κ1) is 15.1. The number of hydrogen-bond donors (Lipinski definition) is 1. The summed E-state index contributed by atoms with van der Waals surface area (Å²) in [5, 5.41) is 0. The third-order valence-electron chi connectivity index (χ3n) is 3.30. The first-order valence-corrected chi connectivity index (χ1v) is 9.39. The van der Waals surface area contributed by atoms with Gasteiger partial charge in [0.25, 0.3) is 0 Å². The molecule has 0 unspecified atom stereocenters. The van der Waals surface area contributed by atoms with E-state index in [4.69, 9.17) is 0 Å². The molecule has 0 saturated carbocycles. The number of fused-ring (bicyclic) bond motifs is 1. The zero-order chi connectivity index (χ0) is 15.7. The number of Topliss-reactive ketones (excluding diaryl/α,β-unsaturated/α-hetero) is 1. The Kier molecular flexibility index (Phi) is 3.92. The second kappa shape index (κ2) is 5.73. The largest absolute Gasteiger partial charge is 0.294 e. The highest BCUT2D eigenvalue weighted by Crippen LogP contribution is 2.38. The van der Waals surface area contributed by atoms with Crippen LogP contribution in [0.2, 0.25) is 0 Å². The van der Waals surface area contributed by atoms with Gasteiger partial charge in [0, 0.05) is 34.2 Å². The lowest BCUT2D eigenvalue weighted by Gasteiger charge is -2.12. The second-order valence-corrected chi connectivity index (χ2v) is 7.95. The summed E-state index contributed by atoms with van der Waals surface area (Å²) in [6, 6.07) is 7.22. The first-order valence-electron chi connectivity index (χ1n) is 6.68. The summed E-state index contributed by atoms with van der Waals surface area (Å²) in [6.07, 6.45) is 5.60. The van der Waals surface area contributed by atoms with E-state index in [1.54, 1.807) is 24.5 Å². The molecule has 114 valence electrons. The van der Waals surface area contributed by atoms with E-state index in [2.05, 4.69) is 9.71 Å². The van der Waals surface area contributed by atoms with Gasteiger partial charge in [-0.05, 0) is 36.2 Å². The van der Waals surface area contributed by atoms with Crippen molar-refractivity contribution in [3.63, 3.8) is 0 Å². The van der Waals surface area contributed by atoms with Crippen molar-refractivity contribution in [3.8, 4) is 0 Å². The molecule has 0 bridgehead atoms. The molecular formula is C15H14N2O3S2. The molecule has 0 radical (unpaired) electrons. The maximum atomic E-state index is 11.9. The molecule has 1 aliphatic rings. The number of aromatic nitrogens is 1. The summed E-state index contributed by atoms with van der Waals surface area (Å²) in [4.78, 5) is 17.5. The molecular weight excluding hydrogens is 320 g/mol. The number of pyridine rings is 1. The van der Waals surface area contributed by atoms with Gasteiger partial charge in [-0.25, -0.2) is 8.42 Å². The van der Waals surface area contributed by atoms with E-state index in [1.165, 1.54) is 11.8 Å². The average molecular weight is 334 g/mol. The van der Waals surface area contributed by atoms with Crippen LogP contribution in [0.25, 0.3) is 0 Å². The molecule has 1 N–H and O–H groups in total. The van der Waals surface area contributed by atoms with Gasteiger partial charge in [-0.1, -0.05) is 11.8 Å². The Labute approximate surface area is 133 Å². The van der Waals surface area contributed by atoms with Crippen LogP contribution in [0.15, 0.2) is 46.5 Å². The van der Waals surface area contributed by atoms with Crippen molar-refractivity contribution < 1.29 is 13.2 Å². The summed E-state index contributed by atoms with van der Waals surface area (Å²) in [5.74, 6) is 0.109. The van der Waals surface area contributed by atoms with Crippen LogP contribution in [-0.2, 0) is 16.4 Å². The van der Waals surface area contributed by atoms with Gasteiger partial charge in [0.15, 0.2) is 5.78 Å². The van der Waals surface area contributed by atoms with Crippen molar-refractivity contribution in [1.29, 1.82) is 0 Å². The quantitative estimate of drug-likeness (QED) is 0.930. The number of nitrogens with one attached hydrogen (secondary N) is 1. The van der Waals surface area contributed by atoms with Crippen LogP contribution in [0.4, 0.5) is 5.69 Å². The number of anilines is 1. The Morgan fingerprint density at radius 2 is 1.91 bits per heavy atom.